The van der Waals surface area contributed by atoms with Gasteiger partial charge in [-0.1, -0.05) is 15.9 Å². The maximum Gasteiger partial charge on any atom is 0.226 e. The number of anilines is 1. The molecule has 4 heteroatoms. The van der Waals surface area contributed by atoms with Gasteiger partial charge in [0.15, 0.2) is 0 Å². The van der Waals surface area contributed by atoms with E-state index in [-0.39, 0.29) is 12.0 Å². The van der Waals surface area contributed by atoms with Gasteiger partial charge in [-0.15, -0.1) is 0 Å². The summed E-state index contributed by atoms with van der Waals surface area (Å²) < 4.78 is 6.42. The lowest BCUT2D eigenvalue weighted by molar-refractivity contribution is -0.118. The summed E-state index contributed by atoms with van der Waals surface area (Å²) in [5.41, 5.74) is 1.95. The van der Waals surface area contributed by atoms with E-state index in [9.17, 15) is 4.79 Å². The maximum atomic E-state index is 11.8. The Hall–Kier alpha value is -0.870. The van der Waals surface area contributed by atoms with E-state index in [4.69, 9.17) is 4.74 Å². The van der Waals surface area contributed by atoms with Crippen LogP contribution in [-0.2, 0) is 9.53 Å². The van der Waals surface area contributed by atoms with Crippen molar-refractivity contribution in [1.82, 2.24) is 0 Å². The van der Waals surface area contributed by atoms with Gasteiger partial charge in [-0.2, -0.15) is 0 Å². The Labute approximate surface area is 110 Å². The summed E-state index contributed by atoms with van der Waals surface area (Å²) in [6.07, 6.45) is 2.60. The van der Waals surface area contributed by atoms with Crippen LogP contribution in [0.25, 0.3) is 0 Å². The number of nitrogens with one attached hydrogen (secondary N) is 1. The summed E-state index contributed by atoms with van der Waals surface area (Å²) in [5.74, 6) is 0.0226. The molecule has 0 aromatic heterocycles. The standard InChI is InChI=1S/C13H16BrNO2/c1-9-5-10(14)7-11(6-9)15-13(16)8-12-3-2-4-17-12/h5-7,12H,2-4,8H2,1H3,(H,15,16). The van der Waals surface area contributed by atoms with Crippen molar-refractivity contribution < 1.29 is 9.53 Å². The van der Waals surface area contributed by atoms with E-state index in [0.29, 0.717) is 6.42 Å². The highest BCUT2D eigenvalue weighted by Gasteiger charge is 2.19. The van der Waals surface area contributed by atoms with E-state index in [0.717, 1.165) is 35.2 Å². The first-order valence-corrected chi connectivity index (χ1v) is 6.61. The third-order valence-electron chi connectivity index (χ3n) is 2.76. The van der Waals surface area contributed by atoms with Crippen molar-refractivity contribution in [2.24, 2.45) is 0 Å². The van der Waals surface area contributed by atoms with Crippen LogP contribution in [0.2, 0.25) is 0 Å². The molecule has 17 heavy (non-hydrogen) atoms. The lowest BCUT2D eigenvalue weighted by Crippen LogP contribution is -2.19. The van der Waals surface area contributed by atoms with E-state index < -0.39 is 0 Å². The smallest absolute Gasteiger partial charge is 0.226 e. The lowest BCUT2D eigenvalue weighted by Gasteiger charge is -2.10. The van der Waals surface area contributed by atoms with Crippen LogP contribution in [0.1, 0.15) is 24.8 Å². The monoisotopic (exact) mass is 297 g/mol. The summed E-state index contributed by atoms with van der Waals surface area (Å²) in [6, 6.07) is 5.87. The maximum absolute atomic E-state index is 11.8. The normalized spacial score (nSPS) is 19.3. The Bertz CT molecular complexity index is 394. The van der Waals surface area contributed by atoms with E-state index in [1.54, 1.807) is 0 Å². The zero-order valence-electron chi connectivity index (χ0n) is 9.83. The molecule has 0 bridgehead atoms. The number of halogens is 1. The zero-order chi connectivity index (χ0) is 12.3. The third-order valence-corrected chi connectivity index (χ3v) is 3.22. The van der Waals surface area contributed by atoms with Crippen LogP contribution < -0.4 is 5.32 Å². The van der Waals surface area contributed by atoms with E-state index >= 15 is 0 Å². The lowest BCUT2D eigenvalue weighted by atomic mass is 10.1. The Morgan fingerprint density at radius 2 is 2.35 bits per heavy atom. The van der Waals surface area contributed by atoms with Gasteiger partial charge in [-0.3, -0.25) is 4.79 Å². The fraction of sp³-hybridized carbons (Fsp3) is 0.462. The third kappa shape index (κ3) is 3.82. The SMILES string of the molecule is Cc1cc(Br)cc(NC(=O)CC2CCCO2)c1. The number of amides is 1. The average Bonchev–Trinajstić information content (AvgIpc) is 2.67. The van der Waals surface area contributed by atoms with Crippen molar-refractivity contribution in [3.8, 4) is 0 Å². The predicted molar refractivity (Wildman–Crippen MR) is 71.1 cm³/mol. The molecule has 1 aromatic rings. The first-order chi connectivity index (χ1) is 8.13. The van der Waals surface area contributed by atoms with Crippen molar-refractivity contribution in [2.45, 2.75) is 32.3 Å². The van der Waals surface area contributed by atoms with Gasteiger partial charge in [0.1, 0.15) is 0 Å². The van der Waals surface area contributed by atoms with Crippen LogP contribution >= 0.6 is 15.9 Å². The fourth-order valence-electron chi connectivity index (χ4n) is 2.03. The predicted octanol–water partition coefficient (Wildman–Crippen LogP) is 3.27. The minimum Gasteiger partial charge on any atom is -0.378 e. The van der Waals surface area contributed by atoms with Crippen LogP contribution in [-0.4, -0.2) is 18.6 Å². The van der Waals surface area contributed by atoms with Crippen LogP contribution in [0.4, 0.5) is 5.69 Å². The highest BCUT2D eigenvalue weighted by molar-refractivity contribution is 9.10. The summed E-state index contributed by atoms with van der Waals surface area (Å²) in [4.78, 5) is 11.8. The molecular weight excluding hydrogens is 282 g/mol. The molecule has 1 atom stereocenters. The number of hydrogen-bond donors (Lipinski definition) is 1. The second-order valence-corrected chi connectivity index (χ2v) is 5.32. The van der Waals surface area contributed by atoms with Crippen LogP contribution in [0.5, 0.6) is 0 Å². The Kier molecular flexibility index (Phi) is 4.18. The molecular formula is C13H16BrNO2. The highest BCUT2D eigenvalue weighted by Crippen LogP contribution is 2.20. The van der Waals surface area contributed by atoms with E-state index in [1.165, 1.54) is 0 Å². The van der Waals surface area contributed by atoms with Gasteiger partial charge in [0.05, 0.1) is 12.5 Å². The molecule has 0 aliphatic carbocycles. The Balaban J connectivity index is 1.92. The molecule has 1 aromatic carbocycles. The molecule has 0 saturated carbocycles. The minimum atomic E-state index is 0.0226. The summed E-state index contributed by atoms with van der Waals surface area (Å²) in [5, 5.41) is 2.90. The van der Waals surface area contributed by atoms with Crippen molar-refractivity contribution in [3.63, 3.8) is 0 Å². The second-order valence-electron chi connectivity index (χ2n) is 4.40. The number of benzene rings is 1. The van der Waals surface area contributed by atoms with Gasteiger partial charge in [0.25, 0.3) is 0 Å². The number of hydrogen-bond acceptors (Lipinski definition) is 2. The first kappa shape index (κ1) is 12.6. The molecule has 2 rings (SSSR count). The Morgan fingerprint density at radius 1 is 1.53 bits per heavy atom. The quantitative estimate of drug-likeness (QED) is 0.930. The number of carbonyl (C=O) groups is 1. The average molecular weight is 298 g/mol. The summed E-state index contributed by atoms with van der Waals surface area (Å²) in [6.45, 7) is 2.79. The zero-order valence-corrected chi connectivity index (χ0v) is 11.4. The largest absolute Gasteiger partial charge is 0.378 e. The molecule has 1 fully saturated rings. The summed E-state index contributed by atoms with van der Waals surface area (Å²) >= 11 is 3.42. The topological polar surface area (TPSA) is 38.3 Å². The number of rotatable bonds is 3. The second kappa shape index (κ2) is 5.65. The van der Waals surface area contributed by atoms with Gasteiger partial charge in [-0.05, 0) is 43.5 Å². The molecule has 92 valence electrons. The number of aryl methyl sites for hydroxylation is 1. The fourth-order valence-corrected chi connectivity index (χ4v) is 2.64. The van der Waals surface area contributed by atoms with Crippen molar-refractivity contribution >= 4 is 27.5 Å². The molecule has 1 aliphatic rings. The molecule has 1 unspecified atom stereocenters. The molecule has 0 spiro atoms. The summed E-state index contributed by atoms with van der Waals surface area (Å²) in [7, 11) is 0. The highest BCUT2D eigenvalue weighted by atomic mass is 79.9. The molecule has 3 nitrogen and oxygen atoms in total. The number of ether oxygens (including phenoxy) is 1. The van der Waals surface area contributed by atoms with Gasteiger partial charge in [0, 0.05) is 16.8 Å². The van der Waals surface area contributed by atoms with Gasteiger partial charge < -0.3 is 10.1 Å². The molecule has 1 aliphatic heterocycles. The molecule has 1 heterocycles. The molecule has 0 radical (unpaired) electrons. The van der Waals surface area contributed by atoms with Gasteiger partial charge in [0.2, 0.25) is 5.91 Å². The first-order valence-electron chi connectivity index (χ1n) is 5.82. The molecule has 1 amide bonds. The molecule has 1 saturated heterocycles. The minimum absolute atomic E-state index is 0.0226. The van der Waals surface area contributed by atoms with Crippen molar-refractivity contribution in [2.75, 3.05) is 11.9 Å². The van der Waals surface area contributed by atoms with E-state index in [1.807, 2.05) is 25.1 Å². The number of carbonyl (C=O) groups excluding carboxylic acids is 1. The van der Waals surface area contributed by atoms with Crippen molar-refractivity contribution in [1.29, 1.82) is 0 Å². The van der Waals surface area contributed by atoms with Gasteiger partial charge >= 0.3 is 0 Å². The van der Waals surface area contributed by atoms with Crippen LogP contribution in [0, 0.1) is 6.92 Å². The van der Waals surface area contributed by atoms with Gasteiger partial charge in [-0.25, -0.2) is 0 Å². The molecule has 1 N–H and O–H groups in total. The van der Waals surface area contributed by atoms with Crippen molar-refractivity contribution in [3.05, 3.63) is 28.2 Å². The Morgan fingerprint density at radius 3 is 3.00 bits per heavy atom. The van der Waals surface area contributed by atoms with Crippen LogP contribution in [0.3, 0.4) is 0 Å². The van der Waals surface area contributed by atoms with E-state index in [2.05, 4.69) is 21.2 Å². The van der Waals surface area contributed by atoms with Crippen LogP contribution in [0.15, 0.2) is 22.7 Å².